The van der Waals surface area contributed by atoms with Crippen LogP contribution in [0.5, 0.6) is 0 Å². The zero-order valence-electron chi connectivity index (χ0n) is 20.0. The molecule has 0 radical (unpaired) electrons. The lowest BCUT2D eigenvalue weighted by atomic mass is 10.0. The molecule has 7 nitrogen and oxygen atoms in total. The number of thiophene rings is 1. The zero-order chi connectivity index (χ0) is 24.2. The van der Waals surface area contributed by atoms with Crippen LogP contribution in [-0.4, -0.2) is 53.9 Å². The van der Waals surface area contributed by atoms with Crippen LogP contribution >= 0.6 is 22.7 Å². The van der Waals surface area contributed by atoms with Gasteiger partial charge in [-0.05, 0) is 61.9 Å². The van der Waals surface area contributed by atoms with E-state index in [0.717, 1.165) is 75.8 Å². The van der Waals surface area contributed by atoms with Crippen LogP contribution < -0.4 is 10.2 Å². The maximum atomic E-state index is 13.9. The van der Waals surface area contributed by atoms with Gasteiger partial charge in [0.15, 0.2) is 0 Å². The van der Waals surface area contributed by atoms with Crippen LogP contribution in [0.4, 0.5) is 5.82 Å². The first kappa shape index (κ1) is 24.0. The number of anilines is 1. The van der Waals surface area contributed by atoms with Crippen molar-refractivity contribution in [2.24, 2.45) is 0 Å². The maximum absolute atomic E-state index is 13.9. The minimum absolute atomic E-state index is 0.0200. The molecule has 1 atom stereocenters. The molecule has 1 aromatic carbocycles. The van der Waals surface area contributed by atoms with Crippen molar-refractivity contribution in [3.8, 4) is 10.6 Å². The summed E-state index contributed by atoms with van der Waals surface area (Å²) >= 11 is 3.29. The highest BCUT2D eigenvalue weighted by Crippen LogP contribution is 2.35. The van der Waals surface area contributed by atoms with Gasteiger partial charge in [-0.3, -0.25) is 9.69 Å². The first-order chi connectivity index (χ1) is 17.2. The van der Waals surface area contributed by atoms with E-state index in [1.165, 1.54) is 0 Å². The summed E-state index contributed by atoms with van der Waals surface area (Å²) in [5.41, 5.74) is 2.77. The standard InChI is InChI=1S/C26H29N5O2S2/c1-17-16-34-21-11-13-28-24(23(17)21)31(20-5-3-12-27-15-20)26(32)19-9-7-18(8-10-19)25-30-29-22(35-25)6-4-14-33-2/h7-11,13,16,20,27H,3-6,12,14-15H2,1-2H3/t20-/m1/s1. The molecule has 1 N–H and O–H groups in total. The highest BCUT2D eigenvalue weighted by molar-refractivity contribution is 7.17. The fourth-order valence-corrected chi connectivity index (χ4v) is 6.34. The van der Waals surface area contributed by atoms with Gasteiger partial charge in [-0.15, -0.1) is 21.5 Å². The van der Waals surface area contributed by atoms with E-state index in [1.807, 2.05) is 41.4 Å². The number of aryl methyl sites for hydroxylation is 2. The number of pyridine rings is 1. The molecule has 3 aromatic heterocycles. The van der Waals surface area contributed by atoms with Crippen LogP contribution in [0.3, 0.4) is 0 Å². The molecule has 5 rings (SSSR count). The normalized spacial score (nSPS) is 16.0. The Kier molecular flexibility index (Phi) is 7.48. The number of hydrogen-bond acceptors (Lipinski definition) is 8. The van der Waals surface area contributed by atoms with E-state index >= 15 is 0 Å². The topological polar surface area (TPSA) is 80.2 Å². The van der Waals surface area contributed by atoms with Gasteiger partial charge >= 0.3 is 0 Å². The molecule has 35 heavy (non-hydrogen) atoms. The van der Waals surface area contributed by atoms with Gasteiger partial charge in [0.1, 0.15) is 15.8 Å². The number of ether oxygens (including phenoxy) is 1. The summed E-state index contributed by atoms with van der Waals surface area (Å²) in [6.07, 6.45) is 5.58. The number of fused-ring (bicyclic) bond motifs is 1. The number of nitrogens with zero attached hydrogens (tertiary/aromatic N) is 4. The van der Waals surface area contributed by atoms with E-state index < -0.39 is 0 Å². The molecule has 0 unspecified atom stereocenters. The Balaban J connectivity index is 1.43. The van der Waals surface area contributed by atoms with Crippen LogP contribution in [0.25, 0.3) is 20.7 Å². The van der Waals surface area contributed by atoms with Crippen molar-refractivity contribution >= 4 is 44.5 Å². The molecular formula is C26H29N5O2S2. The zero-order valence-corrected chi connectivity index (χ0v) is 21.6. The molecule has 182 valence electrons. The average molecular weight is 508 g/mol. The lowest BCUT2D eigenvalue weighted by molar-refractivity contribution is 0.0972. The van der Waals surface area contributed by atoms with Crippen molar-refractivity contribution in [1.29, 1.82) is 0 Å². The number of rotatable bonds is 8. The fourth-order valence-electron chi connectivity index (χ4n) is 4.52. The third kappa shape index (κ3) is 5.13. The number of aromatic nitrogens is 3. The van der Waals surface area contributed by atoms with Crippen LogP contribution in [0.1, 0.15) is 40.2 Å². The Morgan fingerprint density at radius 1 is 1.23 bits per heavy atom. The summed E-state index contributed by atoms with van der Waals surface area (Å²) in [6, 6.07) is 9.81. The van der Waals surface area contributed by atoms with Crippen molar-refractivity contribution in [2.45, 2.75) is 38.6 Å². The Labute approximate surface area is 213 Å². The van der Waals surface area contributed by atoms with Crippen molar-refractivity contribution < 1.29 is 9.53 Å². The third-order valence-corrected chi connectivity index (χ3v) is 8.42. The lowest BCUT2D eigenvalue weighted by Crippen LogP contribution is -2.49. The summed E-state index contributed by atoms with van der Waals surface area (Å²) in [7, 11) is 1.71. The second-order valence-electron chi connectivity index (χ2n) is 8.78. The van der Waals surface area contributed by atoms with Gasteiger partial charge in [0.05, 0.1) is 6.04 Å². The van der Waals surface area contributed by atoms with Gasteiger partial charge in [0.2, 0.25) is 0 Å². The summed E-state index contributed by atoms with van der Waals surface area (Å²) in [4.78, 5) is 20.6. The van der Waals surface area contributed by atoms with Crippen LogP contribution in [0, 0.1) is 6.92 Å². The lowest BCUT2D eigenvalue weighted by Gasteiger charge is -2.34. The number of amides is 1. The SMILES string of the molecule is COCCCc1nnc(-c2ccc(C(=O)N(c3nccc4scc(C)c34)[C@@H]3CCCNC3)cc2)s1. The van der Waals surface area contributed by atoms with Gasteiger partial charge in [-0.2, -0.15) is 0 Å². The molecule has 4 heterocycles. The number of methoxy groups -OCH3 is 1. The fraction of sp³-hybridized carbons (Fsp3) is 0.385. The van der Waals surface area contributed by atoms with E-state index in [2.05, 4.69) is 27.8 Å². The van der Waals surface area contributed by atoms with E-state index in [-0.39, 0.29) is 11.9 Å². The second kappa shape index (κ2) is 10.9. The Bertz CT molecular complexity index is 1290. The summed E-state index contributed by atoms with van der Waals surface area (Å²) in [6.45, 7) is 4.55. The minimum atomic E-state index is -0.0200. The van der Waals surface area contributed by atoms with Crippen molar-refractivity contribution in [3.05, 3.63) is 58.0 Å². The van der Waals surface area contributed by atoms with Gasteiger partial charge in [0, 0.05) is 54.1 Å². The quantitative estimate of drug-likeness (QED) is 0.334. The highest BCUT2D eigenvalue weighted by atomic mass is 32.1. The molecule has 0 spiro atoms. The maximum Gasteiger partial charge on any atom is 0.259 e. The number of carbonyl (C=O) groups excluding carboxylic acids is 1. The van der Waals surface area contributed by atoms with E-state index in [0.29, 0.717) is 12.2 Å². The van der Waals surface area contributed by atoms with Gasteiger partial charge < -0.3 is 10.1 Å². The number of benzene rings is 1. The monoisotopic (exact) mass is 507 g/mol. The van der Waals surface area contributed by atoms with Crippen LogP contribution in [-0.2, 0) is 11.2 Å². The number of piperidine rings is 1. The highest BCUT2D eigenvalue weighted by Gasteiger charge is 2.30. The second-order valence-corrected chi connectivity index (χ2v) is 10.7. The minimum Gasteiger partial charge on any atom is -0.385 e. The van der Waals surface area contributed by atoms with Crippen molar-refractivity contribution in [1.82, 2.24) is 20.5 Å². The molecule has 0 bridgehead atoms. The molecule has 0 saturated carbocycles. The predicted molar refractivity (Wildman–Crippen MR) is 143 cm³/mol. The molecule has 1 fully saturated rings. The van der Waals surface area contributed by atoms with Crippen LogP contribution in [0.2, 0.25) is 0 Å². The number of hydrogen-bond donors (Lipinski definition) is 1. The Morgan fingerprint density at radius 2 is 2.09 bits per heavy atom. The molecule has 1 amide bonds. The number of carbonyl (C=O) groups is 1. The molecule has 1 aliphatic rings. The molecule has 1 saturated heterocycles. The predicted octanol–water partition coefficient (Wildman–Crippen LogP) is 5.10. The van der Waals surface area contributed by atoms with E-state index in [1.54, 1.807) is 29.8 Å². The summed E-state index contributed by atoms with van der Waals surface area (Å²) < 4.78 is 6.28. The first-order valence-electron chi connectivity index (χ1n) is 11.9. The molecule has 0 aliphatic carbocycles. The smallest absolute Gasteiger partial charge is 0.259 e. The van der Waals surface area contributed by atoms with E-state index in [4.69, 9.17) is 9.72 Å². The molecule has 9 heteroatoms. The molecular weight excluding hydrogens is 478 g/mol. The van der Waals surface area contributed by atoms with Gasteiger partial charge in [-0.25, -0.2) is 4.98 Å². The van der Waals surface area contributed by atoms with Crippen molar-refractivity contribution in [2.75, 3.05) is 31.7 Å². The van der Waals surface area contributed by atoms with Gasteiger partial charge in [0.25, 0.3) is 5.91 Å². The molecule has 4 aromatic rings. The van der Waals surface area contributed by atoms with Gasteiger partial charge in [-0.1, -0.05) is 23.5 Å². The third-order valence-electron chi connectivity index (χ3n) is 6.32. The summed E-state index contributed by atoms with van der Waals surface area (Å²) in [5, 5.41) is 17.2. The Morgan fingerprint density at radius 3 is 2.86 bits per heavy atom. The Hall–Kier alpha value is -2.72. The van der Waals surface area contributed by atoms with Crippen molar-refractivity contribution in [3.63, 3.8) is 0 Å². The first-order valence-corrected chi connectivity index (χ1v) is 13.6. The average Bonchev–Trinajstić information content (AvgIpc) is 3.52. The summed E-state index contributed by atoms with van der Waals surface area (Å²) in [5.74, 6) is 0.738. The van der Waals surface area contributed by atoms with Crippen LogP contribution in [0.15, 0.2) is 41.9 Å². The number of nitrogens with one attached hydrogen (secondary N) is 1. The molecule has 1 aliphatic heterocycles. The largest absolute Gasteiger partial charge is 0.385 e. The van der Waals surface area contributed by atoms with E-state index in [9.17, 15) is 4.79 Å².